The van der Waals surface area contributed by atoms with E-state index in [9.17, 15) is 4.79 Å². The van der Waals surface area contributed by atoms with Crippen LogP contribution in [0, 0.1) is 5.92 Å². The minimum atomic E-state index is -0.239. The van der Waals surface area contributed by atoms with Crippen molar-refractivity contribution in [3.8, 4) is 17.0 Å². The first kappa shape index (κ1) is 19.5. The van der Waals surface area contributed by atoms with Gasteiger partial charge in [-0.25, -0.2) is 0 Å². The van der Waals surface area contributed by atoms with Crippen LogP contribution < -0.4 is 9.64 Å². The van der Waals surface area contributed by atoms with Gasteiger partial charge in [-0.2, -0.15) is 4.99 Å². The van der Waals surface area contributed by atoms with E-state index in [2.05, 4.69) is 33.9 Å². The van der Waals surface area contributed by atoms with E-state index in [-0.39, 0.29) is 5.91 Å². The van der Waals surface area contributed by atoms with Crippen LogP contribution in [0.5, 0.6) is 5.75 Å². The SMILES string of the molecule is C[C@H]1CCCOc2ccccc2-c2cc(ccn2)C(=O)N=C2Cc3ccccc3N2C1. The number of hydrogen-bond acceptors (Lipinski definition) is 4. The molecule has 1 atom stereocenters. The molecule has 5 heteroatoms. The molecule has 0 radical (unpaired) electrons. The second kappa shape index (κ2) is 8.34. The highest BCUT2D eigenvalue weighted by Gasteiger charge is 2.27. The maximum atomic E-state index is 13.1. The van der Waals surface area contributed by atoms with E-state index >= 15 is 0 Å². The summed E-state index contributed by atoms with van der Waals surface area (Å²) >= 11 is 0. The number of hydrogen-bond donors (Lipinski definition) is 0. The smallest absolute Gasteiger partial charge is 0.278 e. The number of amidine groups is 1. The number of amides is 1. The van der Waals surface area contributed by atoms with Crippen LogP contribution in [-0.4, -0.2) is 29.9 Å². The number of anilines is 1. The fourth-order valence-electron chi connectivity index (χ4n) is 4.35. The molecule has 2 bridgehead atoms. The van der Waals surface area contributed by atoms with Gasteiger partial charge in [0, 0.05) is 36.0 Å². The van der Waals surface area contributed by atoms with Crippen LogP contribution in [0.25, 0.3) is 11.3 Å². The molecule has 1 amide bonds. The third-order valence-electron chi connectivity index (χ3n) is 5.94. The molecule has 31 heavy (non-hydrogen) atoms. The highest BCUT2D eigenvalue weighted by atomic mass is 16.5. The first-order chi connectivity index (χ1) is 15.2. The van der Waals surface area contributed by atoms with Crippen molar-refractivity contribution in [2.75, 3.05) is 18.1 Å². The van der Waals surface area contributed by atoms with Crippen molar-refractivity contribution in [3.63, 3.8) is 0 Å². The lowest BCUT2D eigenvalue weighted by molar-refractivity contribution is 0.100. The lowest BCUT2D eigenvalue weighted by Crippen LogP contribution is -2.32. The standard InChI is InChI=1S/C26H25N3O2/c1-18-7-6-14-31-24-11-5-3-9-21(24)22-15-20(12-13-27-22)26(30)28-25-16-19-8-2-4-10-23(19)29(25)17-18/h2-5,8-13,15,18H,6-7,14,16-17H2,1H3/t18-/m0/s1. The average Bonchev–Trinajstić information content (AvgIpc) is 3.13. The van der Waals surface area contributed by atoms with Gasteiger partial charge < -0.3 is 9.64 Å². The van der Waals surface area contributed by atoms with E-state index in [1.165, 1.54) is 5.56 Å². The van der Waals surface area contributed by atoms with Crippen molar-refractivity contribution in [1.82, 2.24) is 4.98 Å². The molecule has 3 aromatic rings. The van der Waals surface area contributed by atoms with Crippen molar-refractivity contribution in [2.24, 2.45) is 10.9 Å². The number of nitrogens with zero attached hydrogens (tertiary/aromatic N) is 3. The molecule has 156 valence electrons. The molecule has 3 heterocycles. The number of rotatable bonds is 0. The number of benzene rings is 2. The fourth-order valence-corrected chi connectivity index (χ4v) is 4.35. The van der Waals surface area contributed by atoms with Crippen molar-refractivity contribution in [3.05, 3.63) is 78.0 Å². The number of para-hydroxylation sites is 2. The lowest BCUT2D eigenvalue weighted by atomic mass is 10.1. The van der Waals surface area contributed by atoms with Gasteiger partial charge in [0.25, 0.3) is 5.91 Å². The maximum absolute atomic E-state index is 13.1. The third-order valence-corrected chi connectivity index (χ3v) is 5.94. The molecular formula is C26H25N3O2. The predicted octanol–water partition coefficient (Wildman–Crippen LogP) is 5.16. The molecule has 2 aliphatic heterocycles. The lowest BCUT2D eigenvalue weighted by Gasteiger charge is -2.24. The normalized spacial score (nSPS) is 18.6. The number of pyridine rings is 1. The van der Waals surface area contributed by atoms with Gasteiger partial charge >= 0.3 is 0 Å². The summed E-state index contributed by atoms with van der Waals surface area (Å²) in [5, 5.41) is 0. The topological polar surface area (TPSA) is 54.8 Å². The molecule has 2 aromatic carbocycles. The summed E-state index contributed by atoms with van der Waals surface area (Å²) in [4.78, 5) is 24.4. The molecule has 0 fully saturated rings. The van der Waals surface area contributed by atoms with Crippen LogP contribution in [0.3, 0.4) is 0 Å². The quantitative estimate of drug-likeness (QED) is 0.513. The molecule has 0 N–H and O–H groups in total. The first-order valence-electron chi connectivity index (χ1n) is 10.8. The van der Waals surface area contributed by atoms with E-state index in [1.807, 2.05) is 42.5 Å². The summed E-state index contributed by atoms with van der Waals surface area (Å²) in [6.45, 7) is 3.73. The monoisotopic (exact) mass is 411 g/mol. The molecule has 0 spiro atoms. The van der Waals surface area contributed by atoms with Gasteiger partial charge in [0.15, 0.2) is 0 Å². The molecule has 0 aliphatic carbocycles. The van der Waals surface area contributed by atoms with E-state index in [0.717, 1.165) is 47.9 Å². The Bertz CT molecular complexity index is 1150. The van der Waals surface area contributed by atoms with E-state index in [1.54, 1.807) is 12.3 Å². The van der Waals surface area contributed by atoms with Crippen molar-refractivity contribution >= 4 is 17.4 Å². The molecular weight excluding hydrogens is 386 g/mol. The van der Waals surface area contributed by atoms with Gasteiger partial charge in [-0.3, -0.25) is 9.78 Å². The first-order valence-corrected chi connectivity index (χ1v) is 10.8. The third kappa shape index (κ3) is 3.96. The summed E-state index contributed by atoms with van der Waals surface area (Å²) in [7, 11) is 0. The van der Waals surface area contributed by atoms with Crippen LogP contribution in [0.1, 0.15) is 35.7 Å². The molecule has 5 rings (SSSR count). The summed E-state index contributed by atoms with van der Waals surface area (Å²) in [6, 6.07) is 19.7. The Hall–Kier alpha value is -3.47. The van der Waals surface area contributed by atoms with Crippen LogP contribution in [0.2, 0.25) is 0 Å². The van der Waals surface area contributed by atoms with Crippen molar-refractivity contribution in [2.45, 2.75) is 26.2 Å². The van der Waals surface area contributed by atoms with Crippen LogP contribution in [-0.2, 0) is 6.42 Å². The van der Waals surface area contributed by atoms with E-state index < -0.39 is 0 Å². The highest BCUT2D eigenvalue weighted by molar-refractivity contribution is 6.12. The number of carbonyl (C=O) groups is 1. The van der Waals surface area contributed by atoms with Crippen molar-refractivity contribution < 1.29 is 9.53 Å². The molecule has 1 aromatic heterocycles. The van der Waals surface area contributed by atoms with Crippen molar-refractivity contribution in [1.29, 1.82) is 0 Å². The molecule has 0 saturated carbocycles. The Labute approximate surface area is 182 Å². The molecule has 0 saturated heterocycles. The minimum absolute atomic E-state index is 0.239. The largest absolute Gasteiger partial charge is 0.493 e. The van der Waals surface area contributed by atoms with Crippen LogP contribution >= 0.6 is 0 Å². The van der Waals surface area contributed by atoms with Gasteiger partial charge in [0.05, 0.1) is 12.3 Å². The Balaban J connectivity index is 1.57. The zero-order valence-electron chi connectivity index (χ0n) is 17.6. The summed E-state index contributed by atoms with van der Waals surface area (Å²) in [5.41, 5.74) is 4.52. The van der Waals surface area contributed by atoms with E-state index in [4.69, 9.17) is 4.74 Å². The zero-order chi connectivity index (χ0) is 21.2. The predicted molar refractivity (Wildman–Crippen MR) is 123 cm³/mol. The number of fused-ring (bicyclic) bond motifs is 7. The van der Waals surface area contributed by atoms with Gasteiger partial charge in [-0.1, -0.05) is 37.3 Å². The average molecular weight is 412 g/mol. The number of aliphatic imine (C=N–C) groups is 1. The Morgan fingerprint density at radius 3 is 2.84 bits per heavy atom. The molecule has 5 nitrogen and oxygen atoms in total. The Morgan fingerprint density at radius 1 is 1.06 bits per heavy atom. The molecule has 2 aliphatic rings. The van der Waals surface area contributed by atoms with E-state index in [0.29, 0.717) is 24.5 Å². The Morgan fingerprint density at radius 2 is 1.90 bits per heavy atom. The van der Waals surface area contributed by atoms with Gasteiger partial charge in [-0.15, -0.1) is 0 Å². The number of ether oxygens (including phenoxy) is 1. The second-order valence-corrected chi connectivity index (χ2v) is 8.27. The number of aromatic nitrogens is 1. The van der Waals surface area contributed by atoms with Crippen LogP contribution in [0.4, 0.5) is 5.69 Å². The van der Waals surface area contributed by atoms with Gasteiger partial charge in [0.1, 0.15) is 11.6 Å². The van der Waals surface area contributed by atoms with Crippen LogP contribution in [0.15, 0.2) is 71.9 Å². The maximum Gasteiger partial charge on any atom is 0.278 e. The minimum Gasteiger partial charge on any atom is -0.493 e. The number of carbonyl (C=O) groups excluding carboxylic acids is 1. The zero-order valence-corrected chi connectivity index (χ0v) is 17.6. The van der Waals surface area contributed by atoms with Gasteiger partial charge in [-0.05, 0) is 54.7 Å². The fraction of sp³-hybridized carbons (Fsp3) is 0.269. The summed E-state index contributed by atoms with van der Waals surface area (Å²) < 4.78 is 6.11. The highest BCUT2D eigenvalue weighted by Crippen LogP contribution is 2.32. The van der Waals surface area contributed by atoms with Gasteiger partial charge in [0.2, 0.25) is 0 Å². The second-order valence-electron chi connectivity index (χ2n) is 8.27. The Kier molecular flexibility index (Phi) is 5.24. The molecule has 0 unspecified atom stereocenters. The summed E-state index contributed by atoms with van der Waals surface area (Å²) in [5.74, 6) is 1.82. The summed E-state index contributed by atoms with van der Waals surface area (Å²) in [6.07, 6.45) is 4.34.